The van der Waals surface area contributed by atoms with E-state index in [1.54, 1.807) is 11.6 Å². The van der Waals surface area contributed by atoms with Crippen LogP contribution in [0.1, 0.15) is 11.3 Å². The Bertz CT molecular complexity index is 1180. The summed E-state index contributed by atoms with van der Waals surface area (Å²) in [6.45, 7) is 3.13. The lowest BCUT2D eigenvalue weighted by atomic mass is 10.1. The number of pyridine rings is 1. The van der Waals surface area contributed by atoms with Gasteiger partial charge in [-0.05, 0) is 18.2 Å². The molecule has 1 aliphatic rings. The maximum absolute atomic E-state index is 6.20. The molecule has 0 aliphatic carbocycles. The minimum absolute atomic E-state index is 0.336. The summed E-state index contributed by atoms with van der Waals surface area (Å²) in [5, 5.41) is 5.67. The number of hydrogen-bond donors (Lipinski definition) is 1. The van der Waals surface area contributed by atoms with Crippen LogP contribution in [-0.2, 0) is 11.2 Å². The predicted octanol–water partition coefficient (Wildman–Crippen LogP) is 2.30. The number of para-hydroxylation sites is 1. The van der Waals surface area contributed by atoms with E-state index in [9.17, 15) is 0 Å². The molecule has 1 aromatic carbocycles. The number of hydrogen-bond acceptors (Lipinski definition) is 7. The fourth-order valence-electron chi connectivity index (χ4n) is 3.88. The number of aromatic nitrogens is 4. The van der Waals surface area contributed by atoms with Crippen LogP contribution in [0.2, 0.25) is 0 Å². The Labute approximate surface area is 167 Å². The highest BCUT2D eigenvalue weighted by Gasteiger charge is 2.18. The SMILES string of the molecule is COc1cccc2c1nc(N)n1nc(Cc3cccnc3N3CCOCC3)cc21. The van der Waals surface area contributed by atoms with Gasteiger partial charge in [0.2, 0.25) is 5.95 Å². The molecule has 1 saturated heterocycles. The van der Waals surface area contributed by atoms with Crippen molar-refractivity contribution in [2.75, 3.05) is 44.0 Å². The zero-order chi connectivity index (χ0) is 19.8. The zero-order valence-corrected chi connectivity index (χ0v) is 16.2. The molecule has 3 aromatic heterocycles. The third-order valence-corrected chi connectivity index (χ3v) is 5.25. The molecule has 0 spiro atoms. The first-order valence-corrected chi connectivity index (χ1v) is 9.62. The minimum atomic E-state index is 0.336. The van der Waals surface area contributed by atoms with Crippen LogP contribution in [-0.4, -0.2) is 53.0 Å². The summed E-state index contributed by atoms with van der Waals surface area (Å²) >= 11 is 0. The number of rotatable bonds is 4. The Kier molecular flexibility index (Phi) is 4.40. The number of anilines is 2. The van der Waals surface area contributed by atoms with Gasteiger partial charge in [0.15, 0.2) is 0 Å². The van der Waals surface area contributed by atoms with E-state index in [1.165, 1.54) is 0 Å². The van der Waals surface area contributed by atoms with Crippen molar-refractivity contribution < 1.29 is 9.47 Å². The lowest BCUT2D eigenvalue weighted by Crippen LogP contribution is -2.37. The van der Waals surface area contributed by atoms with Gasteiger partial charge in [0.05, 0.1) is 31.5 Å². The fraction of sp³-hybridized carbons (Fsp3) is 0.286. The third-order valence-electron chi connectivity index (χ3n) is 5.25. The Morgan fingerprint density at radius 2 is 2.03 bits per heavy atom. The van der Waals surface area contributed by atoms with Gasteiger partial charge in [-0.1, -0.05) is 18.2 Å². The standard InChI is InChI=1S/C21H22N6O2/c1-28-18-6-2-5-16-17-13-15(25-27(17)21(22)24-19(16)18)12-14-4-3-7-23-20(14)26-8-10-29-11-9-26/h2-7,13H,8-12H2,1H3,(H2,22,24). The second kappa shape index (κ2) is 7.21. The second-order valence-electron chi connectivity index (χ2n) is 7.02. The van der Waals surface area contributed by atoms with Crippen molar-refractivity contribution >= 4 is 28.2 Å². The molecule has 0 radical (unpaired) electrons. The molecule has 8 heteroatoms. The minimum Gasteiger partial charge on any atom is -0.494 e. The number of morpholine rings is 1. The van der Waals surface area contributed by atoms with Crippen LogP contribution in [0.25, 0.3) is 16.4 Å². The normalized spacial score (nSPS) is 14.6. The molecule has 148 valence electrons. The first-order chi connectivity index (χ1) is 14.2. The summed E-state index contributed by atoms with van der Waals surface area (Å²) < 4.78 is 12.6. The molecule has 2 N–H and O–H groups in total. The number of methoxy groups -OCH3 is 1. The predicted molar refractivity (Wildman–Crippen MR) is 112 cm³/mol. The van der Waals surface area contributed by atoms with Crippen molar-refractivity contribution in [3.63, 3.8) is 0 Å². The highest BCUT2D eigenvalue weighted by Crippen LogP contribution is 2.29. The molecule has 0 amide bonds. The number of nitrogens with zero attached hydrogens (tertiary/aromatic N) is 5. The lowest BCUT2D eigenvalue weighted by Gasteiger charge is -2.29. The van der Waals surface area contributed by atoms with E-state index >= 15 is 0 Å². The van der Waals surface area contributed by atoms with Crippen molar-refractivity contribution in [1.82, 2.24) is 19.6 Å². The highest BCUT2D eigenvalue weighted by molar-refractivity contribution is 5.97. The number of fused-ring (bicyclic) bond motifs is 3. The number of ether oxygens (including phenoxy) is 2. The van der Waals surface area contributed by atoms with Gasteiger partial charge < -0.3 is 20.1 Å². The molecule has 5 rings (SSSR count). The molecule has 0 atom stereocenters. The van der Waals surface area contributed by atoms with Gasteiger partial charge in [-0.3, -0.25) is 0 Å². The summed E-state index contributed by atoms with van der Waals surface area (Å²) in [6.07, 6.45) is 2.49. The van der Waals surface area contributed by atoms with Crippen molar-refractivity contribution in [3.05, 3.63) is 53.9 Å². The second-order valence-corrected chi connectivity index (χ2v) is 7.02. The maximum atomic E-state index is 6.20. The Morgan fingerprint density at radius 3 is 2.86 bits per heavy atom. The first-order valence-electron chi connectivity index (χ1n) is 9.62. The molecular formula is C21H22N6O2. The van der Waals surface area contributed by atoms with E-state index in [1.807, 2.05) is 30.5 Å². The zero-order valence-electron chi connectivity index (χ0n) is 16.2. The molecule has 1 fully saturated rings. The van der Waals surface area contributed by atoms with E-state index in [4.69, 9.17) is 20.3 Å². The van der Waals surface area contributed by atoms with Gasteiger partial charge in [-0.2, -0.15) is 9.61 Å². The molecular weight excluding hydrogens is 368 g/mol. The van der Waals surface area contributed by atoms with E-state index in [2.05, 4.69) is 27.0 Å². The van der Waals surface area contributed by atoms with Gasteiger partial charge in [-0.15, -0.1) is 0 Å². The summed E-state index contributed by atoms with van der Waals surface area (Å²) in [4.78, 5) is 11.4. The Balaban J connectivity index is 1.57. The topological polar surface area (TPSA) is 90.8 Å². The van der Waals surface area contributed by atoms with Crippen molar-refractivity contribution in [2.45, 2.75) is 6.42 Å². The molecule has 4 heterocycles. The smallest absolute Gasteiger partial charge is 0.222 e. The number of nitrogens with two attached hydrogens (primary N) is 1. The van der Waals surface area contributed by atoms with E-state index < -0.39 is 0 Å². The Hall–Kier alpha value is -3.39. The van der Waals surface area contributed by atoms with Crippen LogP contribution in [0, 0.1) is 0 Å². The van der Waals surface area contributed by atoms with Crippen molar-refractivity contribution in [3.8, 4) is 5.75 Å². The van der Waals surface area contributed by atoms with E-state index in [-0.39, 0.29) is 0 Å². The first kappa shape index (κ1) is 17.7. The lowest BCUT2D eigenvalue weighted by molar-refractivity contribution is 0.122. The van der Waals surface area contributed by atoms with Gasteiger partial charge in [0.1, 0.15) is 17.1 Å². The fourth-order valence-corrected chi connectivity index (χ4v) is 3.88. The van der Waals surface area contributed by atoms with E-state index in [0.717, 1.165) is 59.8 Å². The van der Waals surface area contributed by atoms with Gasteiger partial charge in [-0.25, -0.2) is 9.97 Å². The monoisotopic (exact) mass is 390 g/mol. The van der Waals surface area contributed by atoms with Crippen molar-refractivity contribution in [2.24, 2.45) is 0 Å². The van der Waals surface area contributed by atoms with Crippen LogP contribution in [0.3, 0.4) is 0 Å². The molecule has 1 aliphatic heterocycles. The highest BCUT2D eigenvalue weighted by atomic mass is 16.5. The largest absolute Gasteiger partial charge is 0.494 e. The summed E-state index contributed by atoms with van der Waals surface area (Å²) in [6, 6.07) is 12.0. The third kappa shape index (κ3) is 3.11. The van der Waals surface area contributed by atoms with Gasteiger partial charge in [0, 0.05) is 36.7 Å². The molecule has 4 aromatic rings. The van der Waals surface area contributed by atoms with Crippen LogP contribution >= 0.6 is 0 Å². The van der Waals surface area contributed by atoms with Crippen LogP contribution in [0.4, 0.5) is 11.8 Å². The van der Waals surface area contributed by atoms with Crippen LogP contribution in [0.15, 0.2) is 42.6 Å². The number of benzene rings is 1. The molecule has 8 nitrogen and oxygen atoms in total. The summed E-state index contributed by atoms with van der Waals surface area (Å²) in [5.41, 5.74) is 9.90. The maximum Gasteiger partial charge on any atom is 0.222 e. The summed E-state index contributed by atoms with van der Waals surface area (Å²) in [7, 11) is 1.63. The van der Waals surface area contributed by atoms with E-state index in [0.29, 0.717) is 18.1 Å². The van der Waals surface area contributed by atoms with Crippen LogP contribution in [0.5, 0.6) is 5.75 Å². The molecule has 0 saturated carbocycles. The van der Waals surface area contributed by atoms with Crippen molar-refractivity contribution in [1.29, 1.82) is 0 Å². The molecule has 0 unspecified atom stereocenters. The molecule has 29 heavy (non-hydrogen) atoms. The summed E-state index contributed by atoms with van der Waals surface area (Å²) in [5.74, 6) is 2.02. The quantitative estimate of drug-likeness (QED) is 0.572. The average Bonchev–Trinajstić information content (AvgIpc) is 3.19. The van der Waals surface area contributed by atoms with Crippen LogP contribution < -0.4 is 15.4 Å². The Morgan fingerprint density at radius 1 is 1.17 bits per heavy atom. The van der Waals surface area contributed by atoms with Gasteiger partial charge in [0.25, 0.3) is 0 Å². The molecule has 0 bridgehead atoms. The van der Waals surface area contributed by atoms with Gasteiger partial charge >= 0.3 is 0 Å². The average molecular weight is 390 g/mol. The number of nitrogen functional groups attached to an aromatic ring is 1.